The van der Waals surface area contributed by atoms with Crippen LogP contribution in [0.2, 0.25) is 0 Å². The van der Waals surface area contributed by atoms with E-state index in [-0.39, 0.29) is 22.7 Å². The summed E-state index contributed by atoms with van der Waals surface area (Å²) in [6.07, 6.45) is 1.37. The third kappa shape index (κ3) is 6.97. The van der Waals surface area contributed by atoms with Gasteiger partial charge in [-0.05, 0) is 60.5 Å². The molecule has 3 aromatic rings. The first kappa shape index (κ1) is 27.5. The molecule has 198 valence electrons. The zero-order chi connectivity index (χ0) is 27.7. The number of ether oxygens (including phenoxy) is 5. The quantitative estimate of drug-likeness (QED) is 0.131. The summed E-state index contributed by atoms with van der Waals surface area (Å²) in [5.41, 5.74) is 3.55. The molecule has 0 aliphatic rings. The summed E-state index contributed by atoms with van der Waals surface area (Å²) in [6, 6.07) is 13.8. The van der Waals surface area contributed by atoms with Crippen molar-refractivity contribution in [3.8, 4) is 28.7 Å². The second kappa shape index (κ2) is 12.7. The third-order valence-electron chi connectivity index (χ3n) is 5.06. The highest BCUT2D eigenvalue weighted by atomic mass is 16.6. The molecule has 0 bridgehead atoms. The zero-order valence-corrected chi connectivity index (χ0v) is 21.0. The van der Waals surface area contributed by atoms with E-state index in [2.05, 4.69) is 10.5 Å². The molecule has 0 spiro atoms. The van der Waals surface area contributed by atoms with Crippen molar-refractivity contribution in [3.63, 3.8) is 0 Å². The number of hydrogen-bond donors (Lipinski definition) is 1. The fraction of sp³-hybridized carbons (Fsp3) is 0.192. The van der Waals surface area contributed by atoms with E-state index in [0.717, 1.165) is 0 Å². The Labute approximate surface area is 217 Å². The monoisotopic (exact) mass is 523 g/mol. The van der Waals surface area contributed by atoms with Crippen molar-refractivity contribution in [1.82, 2.24) is 5.43 Å². The predicted molar refractivity (Wildman–Crippen MR) is 137 cm³/mol. The van der Waals surface area contributed by atoms with Gasteiger partial charge in [-0.25, -0.2) is 10.2 Å². The van der Waals surface area contributed by atoms with E-state index >= 15 is 0 Å². The van der Waals surface area contributed by atoms with Gasteiger partial charge in [-0.3, -0.25) is 14.9 Å². The summed E-state index contributed by atoms with van der Waals surface area (Å²) in [6.45, 7) is 1.25. The average Bonchev–Trinajstić information content (AvgIpc) is 2.92. The molecule has 0 atom stereocenters. The lowest BCUT2D eigenvalue weighted by atomic mass is 10.2. The lowest BCUT2D eigenvalue weighted by molar-refractivity contribution is -0.385. The number of carbonyl (C=O) groups is 2. The Balaban J connectivity index is 1.55. The van der Waals surface area contributed by atoms with Crippen LogP contribution < -0.4 is 29.1 Å². The number of nitro groups is 1. The number of nitrogens with zero attached hydrogens (tertiary/aromatic N) is 2. The second-order valence-electron chi connectivity index (χ2n) is 7.68. The molecular formula is C26H25N3O9. The maximum atomic E-state index is 12.6. The lowest BCUT2D eigenvalue weighted by Gasteiger charge is -2.13. The molecule has 1 amide bonds. The fourth-order valence-electron chi connectivity index (χ4n) is 3.23. The molecule has 12 heteroatoms. The van der Waals surface area contributed by atoms with E-state index in [4.69, 9.17) is 23.7 Å². The summed E-state index contributed by atoms with van der Waals surface area (Å²) < 4.78 is 26.4. The van der Waals surface area contributed by atoms with Gasteiger partial charge in [0, 0.05) is 6.07 Å². The summed E-state index contributed by atoms with van der Waals surface area (Å²) in [7, 11) is 4.35. The van der Waals surface area contributed by atoms with Crippen molar-refractivity contribution < 1.29 is 38.2 Å². The van der Waals surface area contributed by atoms with E-state index in [0.29, 0.717) is 28.4 Å². The van der Waals surface area contributed by atoms with E-state index in [1.54, 1.807) is 37.3 Å². The molecule has 38 heavy (non-hydrogen) atoms. The Morgan fingerprint density at radius 2 is 1.61 bits per heavy atom. The van der Waals surface area contributed by atoms with Crippen molar-refractivity contribution in [2.24, 2.45) is 5.10 Å². The molecule has 0 saturated heterocycles. The molecule has 3 aromatic carbocycles. The summed E-state index contributed by atoms with van der Waals surface area (Å²) >= 11 is 0. The van der Waals surface area contributed by atoms with Crippen molar-refractivity contribution in [2.75, 3.05) is 27.9 Å². The van der Waals surface area contributed by atoms with Gasteiger partial charge in [0.25, 0.3) is 5.91 Å². The van der Waals surface area contributed by atoms with Gasteiger partial charge in [0.05, 0.1) is 38.0 Å². The van der Waals surface area contributed by atoms with Crippen molar-refractivity contribution in [2.45, 2.75) is 6.92 Å². The number of rotatable bonds is 11. The Kier molecular flexibility index (Phi) is 9.19. The SMILES string of the molecule is COc1cc(C(=O)Oc2ccc(/C=N\NC(=O)COc3ccc(C)cc3[N+](=O)[O-])cc2)cc(OC)c1OC. The van der Waals surface area contributed by atoms with Gasteiger partial charge in [0.2, 0.25) is 5.75 Å². The molecule has 12 nitrogen and oxygen atoms in total. The number of hydrazone groups is 1. The van der Waals surface area contributed by atoms with Crippen LogP contribution in [-0.4, -0.2) is 51.0 Å². The molecule has 3 rings (SSSR count). The molecule has 0 radical (unpaired) electrons. The number of amides is 1. The summed E-state index contributed by atoms with van der Waals surface area (Å²) in [5.74, 6) is 0.00305. The molecule has 0 heterocycles. The number of nitrogens with one attached hydrogen (secondary N) is 1. The van der Waals surface area contributed by atoms with Gasteiger partial charge in [-0.1, -0.05) is 6.07 Å². The van der Waals surface area contributed by atoms with E-state index in [1.807, 2.05) is 0 Å². The maximum absolute atomic E-state index is 12.6. The van der Waals surface area contributed by atoms with Crippen LogP contribution in [-0.2, 0) is 4.79 Å². The number of carbonyl (C=O) groups excluding carboxylic acids is 2. The van der Waals surface area contributed by atoms with E-state index < -0.39 is 23.4 Å². The first-order valence-electron chi connectivity index (χ1n) is 11.1. The van der Waals surface area contributed by atoms with Gasteiger partial charge in [-0.15, -0.1) is 0 Å². The Morgan fingerprint density at radius 3 is 2.18 bits per heavy atom. The maximum Gasteiger partial charge on any atom is 0.343 e. The van der Waals surface area contributed by atoms with Gasteiger partial charge >= 0.3 is 11.7 Å². The average molecular weight is 523 g/mol. The Hall–Kier alpha value is -5.13. The number of aryl methyl sites for hydroxylation is 1. The minimum atomic E-state index is -0.633. The number of hydrogen-bond acceptors (Lipinski definition) is 10. The summed E-state index contributed by atoms with van der Waals surface area (Å²) in [5, 5.41) is 15.0. The molecule has 0 aromatic heterocycles. The molecule has 0 fully saturated rings. The normalized spacial score (nSPS) is 10.5. The zero-order valence-electron chi connectivity index (χ0n) is 21.0. The van der Waals surface area contributed by atoms with Crippen LogP contribution >= 0.6 is 0 Å². The van der Waals surface area contributed by atoms with Crippen molar-refractivity contribution in [1.29, 1.82) is 0 Å². The highest BCUT2D eigenvalue weighted by molar-refractivity contribution is 5.93. The van der Waals surface area contributed by atoms with Gasteiger partial charge in [0.1, 0.15) is 5.75 Å². The summed E-state index contributed by atoms with van der Waals surface area (Å²) in [4.78, 5) is 35.2. The standard InChI is InChI=1S/C26H25N3O9/c1-16-5-10-21(20(11-16)29(32)33)37-15-24(30)28-27-14-17-6-8-19(9-7-17)38-26(31)18-12-22(34-2)25(36-4)23(13-18)35-3/h5-14H,15H2,1-4H3,(H,28,30)/b27-14-. The third-order valence-corrected chi connectivity index (χ3v) is 5.06. The number of benzene rings is 3. The van der Waals surface area contributed by atoms with Crippen molar-refractivity contribution >= 4 is 23.8 Å². The molecule has 1 N–H and O–H groups in total. The minimum absolute atomic E-state index is 0.0172. The van der Waals surface area contributed by atoms with Crippen LogP contribution in [0.25, 0.3) is 0 Å². The topological polar surface area (TPSA) is 148 Å². The predicted octanol–water partition coefficient (Wildman–Crippen LogP) is 3.68. The smallest absolute Gasteiger partial charge is 0.343 e. The molecule has 0 aliphatic heterocycles. The van der Waals surface area contributed by atoms with Crippen molar-refractivity contribution in [3.05, 3.63) is 81.4 Å². The molecule has 0 aliphatic carbocycles. The number of methoxy groups -OCH3 is 3. The van der Waals surface area contributed by atoms with Crippen LogP contribution in [0.4, 0.5) is 5.69 Å². The first-order valence-corrected chi connectivity index (χ1v) is 11.1. The first-order chi connectivity index (χ1) is 18.2. The van der Waals surface area contributed by atoms with Gasteiger partial charge < -0.3 is 23.7 Å². The minimum Gasteiger partial charge on any atom is -0.493 e. The lowest BCUT2D eigenvalue weighted by Crippen LogP contribution is -2.24. The highest BCUT2D eigenvalue weighted by Crippen LogP contribution is 2.38. The van der Waals surface area contributed by atoms with E-state index in [1.165, 1.54) is 51.8 Å². The van der Waals surface area contributed by atoms with Crippen LogP contribution in [0.15, 0.2) is 59.7 Å². The van der Waals surface area contributed by atoms with E-state index in [9.17, 15) is 19.7 Å². The number of esters is 1. The fourth-order valence-corrected chi connectivity index (χ4v) is 3.23. The van der Waals surface area contributed by atoms with Crippen LogP contribution in [0, 0.1) is 17.0 Å². The Morgan fingerprint density at radius 1 is 0.947 bits per heavy atom. The molecule has 0 unspecified atom stereocenters. The second-order valence-corrected chi connectivity index (χ2v) is 7.68. The van der Waals surface area contributed by atoms with Crippen LogP contribution in [0.5, 0.6) is 28.7 Å². The largest absolute Gasteiger partial charge is 0.493 e. The molecular weight excluding hydrogens is 498 g/mol. The van der Waals surface area contributed by atoms with Crippen LogP contribution in [0.1, 0.15) is 21.5 Å². The van der Waals surface area contributed by atoms with Gasteiger partial charge in [-0.2, -0.15) is 5.10 Å². The van der Waals surface area contributed by atoms with Gasteiger partial charge in [0.15, 0.2) is 23.9 Å². The Bertz CT molecular complexity index is 1330. The molecule has 0 saturated carbocycles. The van der Waals surface area contributed by atoms with Crippen LogP contribution in [0.3, 0.4) is 0 Å². The highest BCUT2D eigenvalue weighted by Gasteiger charge is 2.19. The number of nitro benzene ring substituents is 1.